The van der Waals surface area contributed by atoms with E-state index in [9.17, 15) is 18.0 Å². The molecule has 3 aliphatic rings. The maximum Gasteiger partial charge on any atom is 0.249 e. The van der Waals surface area contributed by atoms with Gasteiger partial charge in [-0.25, -0.2) is 18.4 Å². The summed E-state index contributed by atoms with van der Waals surface area (Å²) < 4.78 is 41.4. The molecule has 0 radical (unpaired) electrons. The Balaban J connectivity index is 1.02. The minimum atomic E-state index is -2.50. The summed E-state index contributed by atoms with van der Waals surface area (Å²) in [6, 6.07) is 0.160. The maximum absolute atomic E-state index is 13.8. The number of carbonyl (C=O) groups is 1. The van der Waals surface area contributed by atoms with Crippen LogP contribution in [0, 0.1) is 11.9 Å². The quantitative estimate of drug-likeness (QED) is 0.626. The van der Waals surface area contributed by atoms with Gasteiger partial charge in [0, 0.05) is 55.4 Å². The fourth-order valence-electron chi connectivity index (χ4n) is 5.47. The first-order chi connectivity index (χ1) is 16.3. The summed E-state index contributed by atoms with van der Waals surface area (Å²) in [5.41, 5.74) is 1.43. The van der Waals surface area contributed by atoms with Crippen LogP contribution in [-0.4, -0.2) is 50.6 Å². The van der Waals surface area contributed by atoms with Crippen LogP contribution in [0.3, 0.4) is 0 Å². The van der Waals surface area contributed by atoms with Crippen LogP contribution in [0.1, 0.15) is 72.0 Å². The second-order valence-corrected chi connectivity index (χ2v) is 11.4. The van der Waals surface area contributed by atoms with Crippen LogP contribution in [0.4, 0.5) is 13.2 Å². The molecule has 10 heteroatoms. The average Bonchev–Trinajstić information content (AvgIpc) is 3.35. The third-order valence-electron chi connectivity index (χ3n) is 7.61. The topological polar surface area (TPSA) is 63.1 Å². The van der Waals surface area contributed by atoms with Crippen LogP contribution >= 0.6 is 11.3 Å². The van der Waals surface area contributed by atoms with E-state index in [2.05, 4.69) is 15.3 Å². The van der Waals surface area contributed by atoms with Gasteiger partial charge in [0.25, 0.3) is 0 Å². The summed E-state index contributed by atoms with van der Waals surface area (Å²) in [6.07, 6.45) is 7.51. The van der Waals surface area contributed by atoms with Crippen molar-refractivity contribution in [1.82, 2.24) is 25.0 Å². The number of aryl methyl sites for hydroxylation is 1. The van der Waals surface area contributed by atoms with Gasteiger partial charge in [0.1, 0.15) is 0 Å². The van der Waals surface area contributed by atoms with Crippen molar-refractivity contribution in [2.24, 2.45) is 13.0 Å². The first-order valence-electron chi connectivity index (χ1n) is 12.3. The van der Waals surface area contributed by atoms with E-state index in [0.29, 0.717) is 11.5 Å². The van der Waals surface area contributed by atoms with Crippen LogP contribution in [-0.2, 0) is 31.2 Å². The molecule has 5 rings (SSSR count). The van der Waals surface area contributed by atoms with Crippen LogP contribution in [0.15, 0.2) is 6.20 Å². The number of rotatable bonds is 7. The number of hydrogen-bond donors (Lipinski definition) is 1. The Kier molecular flexibility index (Phi) is 6.72. The molecule has 2 fully saturated rings. The lowest BCUT2D eigenvalue weighted by Gasteiger charge is -2.33. The lowest BCUT2D eigenvalue weighted by Crippen LogP contribution is -2.39. The molecule has 1 aliphatic heterocycles. The molecule has 0 bridgehead atoms. The van der Waals surface area contributed by atoms with Crippen LogP contribution in [0.5, 0.6) is 0 Å². The molecule has 2 aliphatic carbocycles. The SMILES string of the molecule is Cn1ncc(CC(=O)NC2CCC(CCN3CCc4sc(C5CC(F)(F)C5)nc4C3)CC2)c1F. The number of nitrogens with one attached hydrogen (secondary N) is 1. The Hall–Kier alpha value is -1.94. The van der Waals surface area contributed by atoms with Crippen molar-refractivity contribution >= 4 is 17.2 Å². The molecular formula is C24H32F3N5OS. The Morgan fingerprint density at radius 2 is 2.03 bits per heavy atom. The third-order valence-corrected chi connectivity index (χ3v) is 8.93. The number of alkyl halides is 2. The van der Waals surface area contributed by atoms with E-state index in [-0.39, 0.29) is 37.1 Å². The molecule has 2 saturated carbocycles. The monoisotopic (exact) mass is 495 g/mol. The van der Waals surface area contributed by atoms with Crippen LogP contribution < -0.4 is 5.32 Å². The number of amides is 1. The van der Waals surface area contributed by atoms with Gasteiger partial charge in [-0.3, -0.25) is 9.69 Å². The normalized spacial score (nSPS) is 25.1. The van der Waals surface area contributed by atoms with Crippen molar-refractivity contribution in [1.29, 1.82) is 0 Å². The third kappa shape index (κ3) is 5.32. The van der Waals surface area contributed by atoms with Gasteiger partial charge in [0.05, 0.1) is 23.3 Å². The van der Waals surface area contributed by atoms with Crippen LogP contribution in [0.2, 0.25) is 0 Å². The first-order valence-corrected chi connectivity index (χ1v) is 13.1. The first kappa shape index (κ1) is 23.8. The lowest BCUT2D eigenvalue weighted by atomic mass is 9.82. The van der Waals surface area contributed by atoms with Gasteiger partial charge in [-0.1, -0.05) is 0 Å². The highest BCUT2D eigenvalue weighted by Gasteiger charge is 2.47. The van der Waals surface area contributed by atoms with Crippen LogP contribution in [0.25, 0.3) is 0 Å². The minimum Gasteiger partial charge on any atom is -0.353 e. The van der Waals surface area contributed by atoms with Crippen molar-refractivity contribution in [3.8, 4) is 0 Å². The van der Waals surface area contributed by atoms with Crippen molar-refractivity contribution in [2.75, 3.05) is 13.1 Å². The van der Waals surface area contributed by atoms with E-state index in [0.717, 1.165) is 73.5 Å². The zero-order valence-electron chi connectivity index (χ0n) is 19.5. The number of fused-ring (bicyclic) bond motifs is 1. The highest BCUT2D eigenvalue weighted by Crippen LogP contribution is 2.49. The minimum absolute atomic E-state index is 0.0259. The van der Waals surface area contributed by atoms with E-state index in [1.54, 1.807) is 11.3 Å². The number of nitrogens with zero attached hydrogens (tertiary/aromatic N) is 4. The molecule has 0 atom stereocenters. The summed E-state index contributed by atoms with van der Waals surface area (Å²) in [5, 5.41) is 7.81. The molecule has 6 nitrogen and oxygen atoms in total. The Morgan fingerprint density at radius 3 is 2.71 bits per heavy atom. The molecule has 1 N–H and O–H groups in total. The van der Waals surface area contributed by atoms with Gasteiger partial charge in [-0.05, 0) is 51.0 Å². The molecule has 0 saturated heterocycles. The fraction of sp³-hybridized carbons (Fsp3) is 0.708. The largest absolute Gasteiger partial charge is 0.353 e. The fourth-order valence-corrected chi connectivity index (χ4v) is 6.64. The summed E-state index contributed by atoms with van der Waals surface area (Å²) in [6.45, 7) is 2.85. The Labute approximate surface area is 201 Å². The van der Waals surface area contributed by atoms with Gasteiger partial charge in [0.15, 0.2) is 0 Å². The van der Waals surface area contributed by atoms with E-state index < -0.39 is 11.9 Å². The number of hydrogen-bond acceptors (Lipinski definition) is 5. The smallest absolute Gasteiger partial charge is 0.249 e. The highest BCUT2D eigenvalue weighted by molar-refractivity contribution is 7.11. The van der Waals surface area contributed by atoms with Gasteiger partial charge >= 0.3 is 0 Å². The molecular weight excluding hydrogens is 463 g/mol. The predicted octanol–water partition coefficient (Wildman–Crippen LogP) is 4.19. The summed E-state index contributed by atoms with van der Waals surface area (Å²) in [4.78, 5) is 20.7. The zero-order valence-corrected chi connectivity index (χ0v) is 20.4. The second kappa shape index (κ2) is 9.60. The predicted molar refractivity (Wildman–Crippen MR) is 123 cm³/mol. The number of aromatic nitrogens is 3. The molecule has 1 amide bonds. The second-order valence-electron chi connectivity index (χ2n) is 10.2. The molecule has 186 valence electrons. The standard InChI is InChI=1S/C24H32F3N5OS/c1-31-22(25)16(13-28-31)10-21(33)29-18-4-2-15(3-5-18)6-8-32-9-7-20-19(14-32)30-23(34-20)17-11-24(26,27)12-17/h13,15,17-18H,2-12,14H2,1H3,(H,29,33). The van der Waals surface area contributed by atoms with E-state index >= 15 is 0 Å². The van der Waals surface area contributed by atoms with Gasteiger partial charge in [-0.2, -0.15) is 9.49 Å². The summed E-state index contributed by atoms with van der Waals surface area (Å²) in [7, 11) is 1.52. The molecule has 3 heterocycles. The summed E-state index contributed by atoms with van der Waals surface area (Å²) >= 11 is 1.64. The van der Waals surface area contributed by atoms with Crippen molar-refractivity contribution in [2.45, 2.75) is 82.2 Å². The molecule has 0 aromatic carbocycles. The van der Waals surface area contributed by atoms with Crippen molar-refractivity contribution in [3.05, 3.63) is 33.3 Å². The van der Waals surface area contributed by atoms with Crippen molar-refractivity contribution in [3.63, 3.8) is 0 Å². The lowest BCUT2D eigenvalue weighted by molar-refractivity contribution is -0.121. The molecule has 2 aromatic rings. The number of halogens is 3. The molecule has 0 unspecified atom stereocenters. The Morgan fingerprint density at radius 1 is 1.26 bits per heavy atom. The Bertz CT molecular complexity index is 1020. The van der Waals surface area contributed by atoms with E-state index in [1.165, 1.54) is 18.1 Å². The van der Waals surface area contributed by atoms with Gasteiger partial charge < -0.3 is 5.32 Å². The molecule has 34 heavy (non-hydrogen) atoms. The number of thiazole rings is 1. The van der Waals surface area contributed by atoms with Gasteiger partial charge in [0.2, 0.25) is 17.8 Å². The summed E-state index contributed by atoms with van der Waals surface area (Å²) in [5.74, 6) is -2.51. The maximum atomic E-state index is 13.8. The van der Waals surface area contributed by atoms with E-state index in [4.69, 9.17) is 4.98 Å². The zero-order chi connectivity index (χ0) is 23.9. The molecule has 0 spiro atoms. The molecule has 2 aromatic heterocycles. The highest BCUT2D eigenvalue weighted by atomic mass is 32.1. The van der Waals surface area contributed by atoms with Crippen molar-refractivity contribution < 1.29 is 18.0 Å². The van der Waals surface area contributed by atoms with Gasteiger partial charge in [-0.15, -0.1) is 11.3 Å². The number of carbonyl (C=O) groups excluding carboxylic acids is 1. The van der Waals surface area contributed by atoms with E-state index in [1.807, 2.05) is 0 Å². The average molecular weight is 496 g/mol.